The summed E-state index contributed by atoms with van der Waals surface area (Å²) in [5.74, 6) is 0.713. The Morgan fingerprint density at radius 3 is 2.95 bits per heavy atom. The number of hydrogen-bond donors (Lipinski definition) is 2. The number of nitrogens with one attached hydrogen (secondary N) is 2. The van der Waals surface area contributed by atoms with E-state index in [0.29, 0.717) is 18.4 Å². The van der Waals surface area contributed by atoms with Crippen molar-refractivity contribution >= 4 is 5.91 Å². The predicted molar refractivity (Wildman–Crippen MR) is 75.9 cm³/mol. The molecule has 1 unspecified atom stereocenters. The molecule has 1 aromatic rings. The summed E-state index contributed by atoms with van der Waals surface area (Å²) in [5.41, 5.74) is 2.82. The Kier molecular flexibility index (Phi) is 3.83. The molecule has 19 heavy (non-hydrogen) atoms. The lowest BCUT2D eigenvalue weighted by Crippen LogP contribution is -2.39. The maximum atomic E-state index is 11.9. The first-order chi connectivity index (χ1) is 9.33. The third-order valence-electron chi connectivity index (χ3n) is 4.39. The maximum Gasteiger partial charge on any atom is 0.220 e. The van der Waals surface area contributed by atoms with Crippen LogP contribution in [0.5, 0.6) is 0 Å². The van der Waals surface area contributed by atoms with Gasteiger partial charge >= 0.3 is 0 Å². The zero-order valence-electron chi connectivity index (χ0n) is 11.3. The second-order valence-corrected chi connectivity index (χ2v) is 5.76. The predicted octanol–water partition coefficient (Wildman–Crippen LogP) is 2.32. The number of benzene rings is 1. The third-order valence-corrected chi connectivity index (χ3v) is 4.39. The molecule has 3 heteroatoms. The fourth-order valence-corrected chi connectivity index (χ4v) is 3.00. The van der Waals surface area contributed by atoms with Crippen molar-refractivity contribution < 1.29 is 4.79 Å². The van der Waals surface area contributed by atoms with Crippen molar-refractivity contribution in [1.82, 2.24) is 10.6 Å². The number of amides is 1. The summed E-state index contributed by atoms with van der Waals surface area (Å²) in [7, 11) is 0. The number of carbonyl (C=O) groups excluding carboxylic acids is 1. The van der Waals surface area contributed by atoms with E-state index in [0.717, 1.165) is 19.5 Å². The summed E-state index contributed by atoms with van der Waals surface area (Å²) in [6.07, 6.45) is 5.20. The Balaban J connectivity index is 1.54. The molecule has 1 aliphatic heterocycles. The van der Waals surface area contributed by atoms with Crippen LogP contribution in [0.4, 0.5) is 0 Å². The van der Waals surface area contributed by atoms with Crippen molar-refractivity contribution in [3.63, 3.8) is 0 Å². The highest BCUT2D eigenvalue weighted by Crippen LogP contribution is 2.27. The number of carbonyl (C=O) groups is 1. The first kappa shape index (κ1) is 12.7. The molecule has 1 aromatic carbocycles. The van der Waals surface area contributed by atoms with Gasteiger partial charge in [-0.3, -0.25) is 4.79 Å². The highest BCUT2D eigenvalue weighted by Gasteiger charge is 2.22. The molecule has 102 valence electrons. The summed E-state index contributed by atoms with van der Waals surface area (Å²) in [6, 6.07) is 9.05. The van der Waals surface area contributed by atoms with Crippen LogP contribution in [0.3, 0.4) is 0 Å². The van der Waals surface area contributed by atoms with E-state index in [1.54, 1.807) is 0 Å². The average Bonchev–Trinajstić information content (AvgIpc) is 2.40. The van der Waals surface area contributed by atoms with E-state index in [-0.39, 0.29) is 5.91 Å². The van der Waals surface area contributed by atoms with E-state index in [9.17, 15) is 4.79 Å². The highest BCUT2D eigenvalue weighted by molar-refractivity contribution is 5.76. The van der Waals surface area contributed by atoms with E-state index in [1.165, 1.54) is 30.4 Å². The monoisotopic (exact) mass is 258 g/mol. The SMILES string of the molecule is O=C(CCC1CNCc2ccccc21)NC1CCC1. The molecule has 1 heterocycles. The minimum Gasteiger partial charge on any atom is -0.353 e. The van der Waals surface area contributed by atoms with E-state index in [2.05, 4.69) is 34.9 Å². The summed E-state index contributed by atoms with van der Waals surface area (Å²) in [5, 5.41) is 6.57. The van der Waals surface area contributed by atoms with E-state index in [1.807, 2.05) is 0 Å². The normalized spacial score (nSPS) is 22.4. The van der Waals surface area contributed by atoms with Gasteiger partial charge in [-0.1, -0.05) is 24.3 Å². The van der Waals surface area contributed by atoms with Crippen LogP contribution < -0.4 is 10.6 Å². The number of fused-ring (bicyclic) bond motifs is 1. The molecule has 0 saturated heterocycles. The Hall–Kier alpha value is -1.35. The molecule has 0 bridgehead atoms. The van der Waals surface area contributed by atoms with Crippen LogP contribution >= 0.6 is 0 Å². The lowest BCUT2D eigenvalue weighted by Gasteiger charge is -2.28. The molecule has 1 fully saturated rings. The van der Waals surface area contributed by atoms with Gasteiger partial charge in [-0.25, -0.2) is 0 Å². The second kappa shape index (κ2) is 5.74. The third kappa shape index (κ3) is 2.98. The molecule has 0 spiro atoms. The molecule has 0 radical (unpaired) electrons. The van der Waals surface area contributed by atoms with Crippen LogP contribution in [-0.4, -0.2) is 18.5 Å². The summed E-state index contributed by atoms with van der Waals surface area (Å²) < 4.78 is 0. The van der Waals surface area contributed by atoms with Gasteiger partial charge < -0.3 is 10.6 Å². The van der Waals surface area contributed by atoms with Crippen LogP contribution in [0.1, 0.15) is 49.1 Å². The van der Waals surface area contributed by atoms with Crippen molar-refractivity contribution in [2.75, 3.05) is 6.54 Å². The lowest BCUT2D eigenvalue weighted by molar-refractivity contribution is -0.122. The van der Waals surface area contributed by atoms with Gasteiger partial charge in [-0.05, 0) is 42.7 Å². The molecular formula is C16H22N2O. The summed E-state index contributed by atoms with van der Waals surface area (Å²) in [4.78, 5) is 11.9. The zero-order chi connectivity index (χ0) is 13.1. The van der Waals surface area contributed by atoms with Crippen molar-refractivity contribution in [1.29, 1.82) is 0 Å². The molecule has 3 rings (SSSR count). The van der Waals surface area contributed by atoms with Gasteiger partial charge in [0.05, 0.1) is 0 Å². The van der Waals surface area contributed by atoms with Gasteiger partial charge in [0.2, 0.25) is 5.91 Å². The Bertz CT molecular complexity index is 454. The van der Waals surface area contributed by atoms with Crippen LogP contribution in [0.25, 0.3) is 0 Å². The number of rotatable bonds is 4. The average molecular weight is 258 g/mol. The Morgan fingerprint density at radius 1 is 1.32 bits per heavy atom. The van der Waals surface area contributed by atoms with Crippen LogP contribution in [0.15, 0.2) is 24.3 Å². The van der Waals surface area contributed by atoms with Crippen molar-refractivity contribution in [3.8, 4) is 0 Å². The highest BCUT2D eigenvalue weighted by atomic mass is 16.1. The molecule has 2 N–H and O–H groups in total. The van der Waals surface area contributed by atoms with E-state index >= 15 is 0 Å². The smallest absolute Gasteiger partial charge is 0.220 e. The first-order valence-electron chi connectivity index (χ1n) is 7.41. The van der Waals surface area contributed by atoms with Crippen LogP contribution in [0.2, 0.25) is 0 Å². The fourth-order valence-electron chi connectivity index (χ4n) is 3.00. The summed E-state index contributed by atoms with van der Waals surface area (Å²) in [6.45, 7) is 1.95. The minimum atomic E-state index is 0.229. The van der Waals surface area contributed by atoms with Crippen LogP contribution in [0, 0.1) is 0 Å². The quantitative estimate of drug-likeness (QED) is 0.870. The lowest BCUT2D eigenvalue weighted by atomic mass is 9.87. The minimum absolute atomic E-state index is 0.229. The second-order valence-electron chi connectivity index (χ2n) is 5.76. The van der Waals surface area contributed by atoms with Crippen LogP contribution in [-0.2, 0) is 11.3 Å². The van der Waals surface area contributed by atoms with E-state index in [4.69, 9.17) is 0 Å². The Labute approximate surface area is 114 Å². The molecule has 1 amide bonds. The van der Waals surface area contributed by atoms with Crippen molar-refractivity contribution in [3.05, 3.63) is 35.4 Å². The van der Waals surface area contributed by atoms with Gasteiger partial charge in [-0.15, -0.1) is 0 Å². The molecular weight excluding hydrogens is 236 g/mol. The summed E-state index contributed by atoms with van der Waals surface area (Å²) >= 11 is 0. The molecule has 1 saturated carbocycles. The van der Waals surface area contributed by atoms with Crippen molar-refractivity contribution in [2.45, 2.75) is 50.6 Å². The van der Waals surface area contributed by atoms with Gasteiger partial charge in [0, 0.05) is 25.6 Å². The molecule has 3 nitrogen and oxygen atoms in total. The zero-order valence-corrected chi connectivity index (χ0v) is 11.3. The number of hydrogen-bond acceptors (Lipinski definition) is 2. The first-order valence-corrected chi connectivity index (χ1v) is 7.41. The van der Waals surface area contributed by atoms with Crippen molar-refractivity contribution in [2.24, 2.45) is 0 Å². The molecule has 1 aliphatic carbocycles. The van der Waals surface area contributed by atoms with Gasteiger partial charge in [0.15, 0.2) is 0 Å². The standard InChI is InChI=1S/C16H22N2O/c19-16(18-14-5-3-6-14)9-8-13-11-17-10-12-4-1-2-7-15(12)13/h1-2,4,7,13-14,17H,3,5-6,8-11H2,(H,18,19). The largest absolute Gasteiger partial charge is 0.353 e. The van der Waals surface area contributed by atoms with Gasteiger partial charge in [-0.2, -0.15) is 0 Å². The molecule has 0 aromatic heterocycles. The fraction of sp³-hybridized carbons (Fsp3) is 0.562. The Morgan fingerprint density at radius 2 is 2.16 bits per heavy atom. The molecule has 1 atom stereocenters. The van der Waals surface area contributed by atoms with Gasteiger partial charge in [0.25, 0.3) is 0 Å². The van der Waals surface area contributed by atoms with Gasteiger partial charge in [0.1, 0.15) is 0 Å². The van der Waals surface area contributed by atoms with E-state index < -0.39 is 0 Å². The topological polar surface area (TPSA) is 41.1 Å². The molecule has 2 aliphatic rings. The maximum absolute atomic E-state index is 11.9.